The Kier molecular flexibility index (Phi) is 24.1. The van der Waals surface area contributed by atoms with E-state index in [4.69, 9.17) is 14.2 Å². The topological polar surface area (TPSA) is 127 Å². The number of likely N-dealkylation sites (tertiary alicyclic amines) is 2. The van der Waals surface area contributed by atoms with Crippen LogP contribution in [0.25, 0.3) is 32.7 Å². The van der Waals surface area contributed by atoms with E-state index in [9.17, 15) is 19.2 Å². The Morgan fingerprint density at radius 2 is 0.956 bits per heavy atom. The van der Waals surface area contributed by atoms with Crippen LogP contribution >= 0.6 is 0 Å². The van der Waals surface area contributed by atoms with Gasteiger partial charge in [0.2, 0.25) is 5.91 Å². The molecule has 1 amide bonds. The molecular formula is C75H98N8O7. The van der Waals surface area contributed by atoms with Crippen molar-refractivity contribution in [1.82, 2.24) is 38.2 Å². The van der Waals surface area contributed by atoms with Crippen LogP contribution in [-0.4, -0.2) is 168 Å². The molecule has 480 valence electrons. The molecule has 3 aliphatic rings. The van der Waals surface area contributed by atoms with E-state index >= 15 is 0 Å². The van der Waals surface area contributed by atoms with Crippen LogP contribution in [0.15, 0.2) is 134 Å². The molecule has 2 unspecified atom stereocenters. The lowest BCUT2D eigenvalue weighted by Crippen LogP contribution is -2.47. The number of ether oxygens (including phenoxy) is 3. The molecule has 5 aromatic carbocycles. The third-order valence-electron chi connectivity index (χ3n) is 19.0. The molecule has 0 radical (unpaired) electrons. The number of benzene rings is 5. The number of fused-ring (bicyclic) bond motifs is 3. The maximum Gasteiger partial charge on any atom is 0.226 e. The zero-order valence-electron chi connectivity index (χ0n) is 55.1. The van der Waals surface area contributed by atoms with Crippen LogP contribution in [0.2, 0.25) is 0 Å². The van der Waals surface area contributed by atoms with Crippen molar-refractivity contribution >= 4 is 56.0 Å². The SMILES string of the molecule is CCN(CC)C(=O)C1CCCN(CCCn2cc(C(C)=O)c3ccccc32)C1.COc1cccc2c(C(C)=O)cn(CCCN3CCN(C(C)c4ccccc4)CC3)c12.COc1ccccc1C1CCN(CCCn2cc(C(C)=O)c3cccc(OC)c32)CC1. The Balaban J connectivity index is 0.000000160. The summed E-state index contributed by atoms with van der Waals surface area (Å²) in [6.45, 7) is 27.2. The van der Waals surface area contributed by atoms with Gasteiger partial charge in [-0.05, 0) is 167 Å². The van der Waals surface area contributed by atoms with Crippen molar-refractivity contribution in [1.29, 1.82) is 0 Å². The largest absolute Gasteiger partial charge is 0.496 e. The number of piperazine rings is 1. The second-order valence-electron chi connectivity index (χ2n) is 24.6. The Bertz CT molecular complexity index is 3640. The molecule has 0 aliphatic carbocycles. The highest BCUT2D eigenvalue weighted by molar-refractivity contribution is 6.09. The van der Waals surface area contributed by atoms with Gasteiger partial charge in [0.1, 0.15) is 17.2 Å². The lowest BCUT2D eigenvalue weighted by Gasteiger charge is -2.38. The fourth-order valence-electron chi connectivity index (χ4n) is 14.0. The van der Waals surface area contributed by atoms with Crippen molar-refractivity contribution in [2.75, 3.05) is 106 Å². The molecule has 90 heavy (non-hydrogen) atoms. The third kappa shape index (κ3) is 16.3. The van der Waals surface area contributed by atoms with Gasteiger partial charge in [0.25, 0.3) is 0 Å². The molecule has 15 nitrogen and oxygen atoms in total. The lowest BCUT2D eigenvalue weighted by molar-refractivity contribution is -0.137. The molecule has 0 spiro atoms. The van der Waals surface area contributed by atoms with Gasteiger partial charge in [0, 0.05) is 128 Å². The third-order valence-corrected chi connectivity index (χ3v) is 19.0. The molecule has 11 rings (SSSR count). The summed E-state index contributed by atoms with van der Waals surface area (Å²) in [6, 6.07) is 39.6. The number of hydrogen-bond acceptors (Lipinski definition) is 11. The summed E-state index contributed by atoms with van der Waals surface area (Å²) in [6.07, 6.45) is 13.5. The normalized spacial score (nSPS) is 16.5. The van der Waals surface area contributed by atoms with E-state index in [1.165, 1.54) is 11.1 Å². The number of ketones is 3. The fraction of sp³-hybridized carbons (Fsp3) is 0.467. The average Bonchev–Trinajstić information content (AvgIpc) is 1.92. The number of amides is 1. The van der Waals surface area contributed by atoms with E-state index in [1.807, 2.05) is 84.2 Å². The molecule has 3 fully saturated rings. The van der Waals surface area contributed by atoms with Crippen LogP contribution in [0.4, 0.5) is 0 Å². The van der Waals surface area contributed by atoms with Gasteiger partial charge in [-0.1, -0.05) is 91.0 Å². The average molecular weight is 1220 g/mol. The Labute approximate surface area is 534 Å². The van der Waals surface area contributed by atoms with Gasteiger partial charge in [-0.15, -0.1) is 0 Å². The molecule has 0 saturated carbocycles. The number of hydrogen-bond donors (Lipinski definition) is 0. The summed E-state index contributed by atoms with van der Waals surface area (Å²) in [7, 11) is 5.13. The lowest BCUT2D eigenvalue weighted by atomic mass is 9.89. The Hall–Kier alpha value is -7.56. The summed E-state index contributed by atoms with van der Waals surface area (Å²) in [5, 5.41) is 3.00. The van der Waals surface area contributed by atoms with Crippen molar-refractivity contribution in [3.63, 3.8) is 0 Å². The molecule has 3 aliphatic heterocycles. The second kappa shape index (κ2) is 32.4. The van der Waals surface area contributed by atoms with Crippen molar-refractivity contribution in [2.45, 2.75) is 118 Å². The van der Waals surface area contributed by atoms with Crippen molar-refractivity contribution in [3.05, 3.63) is 162 Å². The Morgan fingerprint density at radius 1 is 0.489 bits per heavy atom. The van der Waals surface area contributed by atoms with Crippen LogP contribution in [0.3, 0.4) is 0 Å². The van der Waals surface area contributed by atoms with E-state index in [0.29, 0.717) is 17.9 Å². The van der Waals surface area contributed by atoms with Gasteiger partial charge in [0.15, 0.2) is 17.3 Å². The van der Waals surface area contributed by atoms with Crippen molar-refractivity contribution in [3.8, 4) is 17.2 Å². The standard InChI is InChI=1S/C26H33N3O2.C26H32N2O3.C23H33N3O2/c1-20(22-9-5-4-6-10-22)28-17-15-27(16-18-28)13-8-14-29-19-24(21(2)30)23-11-7-12-25(31-3)26(23)29;1-19(29)23-18-28(26-22(23)9-6-11-25(26)31-3)15-7-14-27-16-12-20(13-17-27)21-8-4-5-10-24(21)30-2;1-4-25(5-2)23(28)19-10-8-13-24(16-19)14-9-15-26-17-21(18(3)27)20-11-6-7-12-22(20)26/h4-7,9-12,19-20H,8,13-18H2,1-3H3;4-6,8-11,18,20H,7,12-17H2,1-3H3;6-7,11-12,17,19H,4-5,8-10,13-16H2,1-3H3. The molecule has 0 bridgehead atoms. The molecule has 0 N–H and O–H groups in total. The number of rotatable bonds is 24. The summed E-state index contributed by atoms with van der Waals surface area (Å²) < 4.78 is 23.3. The summed E-state index contributed by atoms with van der Waals surface area (Å²) in [4.78, 5) is 60.9. The molecule has 3 saturated heterocycles. The van der Waals surface area contributed by atoms with E-state index in [1.54, 1.807) is 42.1 Å². The fourth-order valence-corrected chi connectivity index (χ4v) is 14.0. The predicted octanol–water partition coefficient (Wildman–Crippen LogP) is 13.6. The number of aromatic nitrogens is 3. The van der Waals surface area contributed by atoms with Crippen LogP contribution in [0.1, 0.15) is 141 Å². The number of Topliss-reactive ketones (excluding diaryl/α,β-unsaturated/α-hetero) is 3. The van der Waals surface area contributed by atoms with E-state index in [2.05, 4.69) is 109 Å². The number of piperidine rings is 2. The minimum atomic E-state index is 0.0930. The smallest absolute Gasteiger partial charge is 0.226 e. The van der Waals surface area contributed by atoms with Crippen molar-refractivity contribution in [2.24, 2.45) is 5.92 Å². The summed E-state index contributed by atoms with van der Waals surface area (Å²) in [5.41, 5.74) is 8.25. The number of methoxy groups -OCH3 is 3. The quantitative estimate of drug-likeness (QED) is 0.0537. The molecular weight excluding hydrogens is 1120 g/mol. The zero-order chi connectivity index (χ0) is 63.7. The first kappa shape index (κ1) is 66.8. The first-order valence-corrected chi connectivity index (χ1v) is 33.1. The van der Waals surface area contributed by atoms with Gasteiger partial charge in [-0.3, -0.25) is 24.1 Å². The summed E-state index contributed by atoms with van der Waals surface area (Å²) >= 11 is 0. The van der Waals surface area contributed by atoms with Crippen LogP contribution < -0.4 is 14.2 Å². The molecule has 8 aromatic rings. The van der Waals surface area contributed by atoms with Crippen LogP contribution in [0, 0.1) is 5.92 Å². The van der Waals surface area contributed by atoms with Crippen molar-refractivity contribution < 1.29 is 33.4 Å². The zero-order valence-corrected chi connectivity index (χ0v) is 55.1. The van der Waals surface area contributed by atoms with Gasteiger partial charge in [-0.25, -0.2) is 0 Å². The van der Waals surface area contributed by atoms with Crippen LogP contribution in [-0.2, 0) is 24.4 Å². The highest BCUT2D eigenvalue weighted by atomic mass is 16.5. The maximum atomic E-state index is 12.7. The molecule has 15 heteroatoms. The highest BCUT2D eigenvalue weighted by Crippen LogP contribution is 2.36. The summed E-state index contributed by atoms with van der Waals surface area (Å²) in [5.74, 6) is 4.00. The molecule has 6 heterocycles. The van der Waals surface area contributed by atoms with Gasteiger partial charge >= 0.3 is 0 Å². The van der Waals surface area contributed by atoms with Gasteiger partial charge in [0.05, 0.1) is 38.3 Å². The molecule has 2 atom stereocenters. The minimum absolute atomic E-state index is 0.0930. The van der Waals surface area contributed by atoms with Gasteiger partial charge < -0.3 is 47.5 Å². The number of carbonyl (C=O) groups excluding carboxylic acids is 4. The maximum absolute atomic E-state index is 12.7. The molecule has 3 aromatic heterocycles. The first-order chi connectivity index (χ1) is 43.7. The van der Waals surface area contributed by atoms with Gasteiger partial charge in [-0.2, -0.15) is 0 Å². The highest BCUT2D eigenvalue weighted by Gasteiger charge is 2.29. The number of para-hydroxylation sites is 4. The predicted molar refractivity (Wildman–Crippen MR) is 364 cm³/mol. The number of aryl methyl sites for hydroxylation is 3. The number of carbonyl (C=O) groups is 4. The van der Waals surface area contributed by atoms with E-state index in [0.717, 1.165) is 216 Å². The minimum Gasteiger partial charge on any atom is -0.496 e. The van der Waals surface area contributed by atoms with E-state index in [-0.39, 0.29) is 23.3 Å². The monoisotopic (exact) mass is 1220 g/mol. The Morgan fingerprint density at radius 3 is 1.51 bits per heavy atom. The second-order valence-corrected chi connectivity index (χ2v) is 24.6. The van der Waals surface area contributed by atoms with E-state index < -0.39 is 0 Å². The van der Waals surface area contributed by atoms with Crippen LogP contribution in [0.5, 0.6) is 17.2 Å². The first-order valence-electron chi connectivity index (χ1n) is 33.1. The number of nitrogens with zero attached hydrogens (tertiary/aromatic N) is 8.